The summed E-state index contributed by atoms with van der Waals surface area (Å²) in [4.78, 5) is 9.81. The third-order valence-electron chi connectivity index (χ3n) is 3.54. The first-order valence-electron chi connectivity index (χ1n) is 7.12. The Hall–Kier alpha value is 0.0300. The third-order valence-corrected chi connectivity index (χ3v) is 4.74. The van der Waals surface area contributed by atoms with Gasteiger partial charge in [-0.05, 0) is 33.1 Å². The average molecular weight is 308 g/mol. The number of ether oxygens (including phenoxy) is 2. The molecule has 0 spiro atoms. The second-order valence-corrected chi connectivity index (χ2v) is 7.88. The van der Waals surface area contributed by atoms with Gasteiger partial charge >= 0.3 is 7.82 Å². The van der Waals surface area contributed by atoms with Crippen LogP contribution in [0.4, 0.5) is 0 Å². The van der Waals surface area contributed by atoms with Crippen molar-refractivity contribution in [3.8, 4) is 0 Å². The molecule has 2 aliphatic rings. The fraction of sp³-hybridized carbons (Fsp3) is 1.00. The van der Waals surface area contributed by atoms with Crippen LogP contribution in [0.15, 0.2) is 0 Å². The van der Waals surface area contributed by atoms with Crippen molar-refractivity contribution in [1.82, 2.24) is 0 Å². The van der Waals surface area contributed by atoms with E-state index < -0.39 is 19.5 Å². The molecule has 0 aromatic carbocycles. The van der Waals surface area contributed by atoms with Gasteiger partial charge in [-0.15, -0.1) is 0 Å². The van der Waals surface area contributed by atoms with Crippen LogP contribution in [0.3, 0.4) is 0 Å². The van der Waals surface area contributed by atoms with Crippen molar-refractivity contribution in [3.63, 3.8) is 0 Å². The number of phosphoric ester groups is 1. The van der Waals surface area contributed by atoms with Gasteiger partial charge in [0.2, 0.25) is 0 Å². The van der Waals surface area contributed by atoms with Crippen molar-refractivity contribution in [3.05, 3.63) is 0 Å². The Labute approximate surface area is 120 Å². The van der Waals surface area contributed by atoms with Gasteiger partial charge in [0.15, 0.2) is 0 Å². The minimum atomic E-state index is -4.10. The standard InChI is InChI=1S/C13H25O6P/c1-8(2)6-10-11(12-13(5,17-10)7-16-12)19-20(14,15)18-9(3)4/h8-12H,6-7H2,1-5H3,(H,14,15)/t10-,11+,12?,13-/m1/s1. The summed E-state index contributed by atoms with van der Waals surface area (Å²) in [6.07, 6.45) is -0.746. The lowest BCUT2D eigenvalue weighted by Crippen LogP contribution is -2.57. The highest BCUT2D eigenvalue weighted by molar-refractivity contribution is 7.47. The lowest BCUT2D eigenvalue weighted by Gasteiger charge is -2.41. The topological polar surface area (TPSA) is 74.2 Å². The molecule has 2 heterocycles. The van der Waals surface area contributed by atoms with Crippen LogP contribution >= 0.6 is 7.82 Å². The summed E-state index contributed by atoms with van der Waals surface area (Å²) < 4.78 is 33.8. The van der Waals surface area contributed by atoms with Crippen LogP contribution in [-0.4, -0.2) is 41.5 Å². The molecule has 2 unspecified atom stereocenters. The van der Waals surface area contributed by atoms with Crippen LogP contribution in [-0.2, 0) is 23.1 Å². The number of fused-ring (bicyclic) bond motifs is 1. The van der Waals surface area contributed by atoms with E-state index in [9.17, 15) is 9.46 Å². The summed E-state index contributed by atoms with van der Waals surface area (Å²) in [5.74, 6) is 0.399. The van der Waals surface area contributed by atoms with E-state index in [0.717, 1.165) is 6.42 Å². The Morgan fingerprint density at radius 2 is 2.05 bits per heavy atom. The summed E-state index contributed by atoms with van der Waals surface area (Å²) >= 11 is 0. The van der Waals surface area contributed by atoms with E-state index in [-0.39, 0.29) is 18.3 Å². The van der Waals surface area contributed by atoms with Crippen molar-refractivity contribution in [2.24, 2.45) is 5.92 Å². The predicted molar refractivity (Wildman–Crippen MR) is 73.4 cm³/mol. The van der Waals surface area contributed by atoms with Gasteiger partial charge in [-0.2, -0.15) is 0 Å². The molecule has 0 aromatic rings. The molecular formula is C13H25O6P. The summed E-state index contributed by atoms with van der Waals surface area (Å²) in [6, 6.07) is 0. The Kier molecular flexibility index (Phi) is 4.65. The monoisotopic (exact) mass is 308 g/mol. The molecule has 5 atom stereocenters. The van der Waals surface area contributed by atoms with Crippen LogP contribution < -0.4 is 0 Å². The number of phosphoric acid groups is 1. The van der Waals surface area contributed by atoms with E-state index in [1.807, 2.05) is 6.92 Å². The lowest BCUT2D eigenvalue weighted by atomic mass is 9.91. The van der Waals surface area contributed by atoms with Crippen molar-refractivity contribution >= 4 is 7.82 Å². The molecule has 0 amide bonds. The first-order chi connectivity index (χ1) is 9.13. The molecule has 2 fully saturated rings. The molecule has 0 bridgehead atoms. The predicted octanol–water partition coefficient (Wildman–Crippen LogP) is 2.50. The van der Waals surface area contributed by atoms with Gasteiger partial charge in [-0.3, -0.25) is 9.05 Å². The van der Waals surface area contributed by atoms with Crippen LogP contribution in [0.25, 0.3) is 0 Å². The zero-order valence-electron chi connectivity index (χ0n) is 12.7. The van der Waals surface area contributed by atoms with Gasteiger partial charge < -0.3 is 14.4 Å². The van der Waals surface area contributed by atoms with Crippen LogP contribution in [0.1, 0.15) is 41.0 Å². The number of rotatable bonds is 6. The zero-order chi connectivity index (χ0) is 15.1. The van der Waals surface area contributed by atoms with E-state index in [2.05, 4.69) is 13.8 Å². The molecule has 0 aliphatic carbocycles. The first kappa shape index (κ1) is 16.4. The Bertz CT molecular complexity index is 398. The van der Waals surface area contributed by atoms with Crippen molar-refractivity contribution in [2.45, 2.75) is 71.1 Å². The minimum Gasteiger partial charge on any atom is -0.369 e. The van der Waals surface area contributed by atoms with Gasteiger partial charge in [0.25, 0.3) is 0 Å². The smallest absolute Gasteiger partial charge is 0.369 e. The molecule has 1 N–H and O–H groups in total. The second-order valence-electron chi connectivity index (χ2n) is 6.52. The molecule has 7 heteroatoms. The zero-order valence-corrected chi connectivity index (χ0v) is 13.6. The maximum atomic E-state index is 12.0. The summed E-state index contributed by atoms with van der Waals surface area (Å²) in [6.45, 7) is 9.97. The molecule has 6 nitrogen and oxygen atoms in total. The molecule has 0 radical (unpaired) electrons. The summed E-state index contributed by atoms with van der Waals surface area (Å²) in [7, 11) is -4.10. The van der Waals surface area contributed by atoms with Crippen LogP contribution in [0.2, 0.25) is 0 Å². The maximum Gasteiger partial charge on any atom is 0.472 e. The fourth-order valence-electron chi connectivity index (χ4n) is 2.78. The van der Waals surface area contributed by atoms with E-state index in [1.165, 1.54) is 0 Å². The highest BCUT2D eigenvalue weighted by Gasteiger charge is 2.61. The van der Waals surface area contributed by atoms with Gasteiger partial charge in [0.1, 0.15) is 17.8 Å². The normalized spacial score (nSPS) is 39.7. The number of hydrogen-bond donors (Lipinski definition) is 1. The highest BCUT2D eigenvalue weighted by atomic mass is 31.2. The molecule has 118 valence electrons. The van der Waals surface area contributed by atoms with Gasteiger partial charge in [0, 0.05) is 0 Å². The van der Waals surface area contributed by atoms with E-state index in [0.29, 0.717) is 12.5 Å². The number of hydrogen-bond acceptors (Lipinski definition) is 5. The van der Waals surface area contributed by atoms with Crippen molar-refractivity contribution in [1.29, 1.82) is 0 Å². The summed E-state index contributed by atoms with van der Waals surface area (Å²) in [5.41, 5.74) is -0.415. The van der Waals surface area contributed by atoms with Gasteiger partial charge in [-0.1, -0.05) is 13.8 Å². The second kappa shape index (κ2) is 5.67. The highest BCUT2D eigenvalue weighted by Crippen LogP contribution is 2.53. The van der Waals surface area contributed by atoms with Crippen molar-refractivity contribution in [2.75, 3.05) is 6.61 Å². The average Bonchev–Trinajstić information content (AvgIpc) is 2.37. The molecule has 2 aliphatic heterocycles. The Morgan fingerprint density at radius 1 is 1.40 bits per heavy atom. The summed E-state index contributed by atoms with van der Waals surface area (Å²) in [5, 5.41) is 0. The Balaban J connectivity index is 2.08. The van der Waals surface area contributed by atoms with E-state index in [1.54, 1.807) is 13.8 Å². The lowest BCUT2D eigenvalue weighted by molar-refractivity contribution is -0.218. The maximum absolute atomic E-state index is 12.0. The molecule has 0 aromatic heterocycles. The van der Waals surface area contributed by atoms with Crippen LogP contribution in [0, 0.1) is 5.92 Å². The van der Waals surface area contributed by atoms with Gasteiger partial charge in [-0.25, -0.2) is 4.57 Å². The van der Waals surface area contributed by atoms with Gasteiger partial charge in [0.05, 0.1) is 18.8 Å². The largest absolute Gasteiger partial charge is 0.472 e. The quantitative estimate of drug-likeness (QED) is 0.760. The molecule has 2 saturated heterocycles. The van der Waals surface area contributed by atoms with E-state index >= 15 is 0 Å². The third kappa shape index (κ3) is 3.43. The van der Waals surface area contributed by atoms with E-state index in [4.69, 9.17) is 18.5 Å². The molecular weight excluding hydrogens is 283 g/mol. The molecule has 2 rings (SSSR count). The SMILES string of the molecule is CC(C)C[C@H]1O[C@]2(C)COC2[C@H]1OP(=O)(O)OC(C)C. The first-order valence-corrected chi connectivity index (χ1v) is 8.61. The van der Waals surface area contributed by atoms with Crippen LogP contribution in [0.5, 0.6) is 0 Å². The Morgan fingerprint density at radius 3 is 2.50 bits per heavy atom. The molecule has 0 saturated carbocycles. The minimum absolute atomic E-state index is 0.247. The van der Waals surface area contributed by atoms with Crippen molar-refractivity contribution < 1.29 is 28.0 Å². The fourth-order valence-corrected chi connectivity index (χ4v) is 3.92. The molecule has 20 heavy (non-hydrogen) atoms.